The molecule has 2 bridgehead atoms. The fraction of sp³-hybridized carbons (Fsp3) is 0.591. The van der Waals surface area contributed by atoms with Crippen molar-refractivity contribution in [1.29, 1.82) is 0 Å². The lowest BCUT2D eigenvalue weighted by Gasteiger charge is -2.50. The first-order valence-corrected chi connectivity index (χ1v) is 11.2. The number of hydrogen-bond donors (Lipinski definition) is 1. The quantitative estimate of drug-likeness (QED) is 0.761. The molecule has 2 N–H and O–H groups in total. The van der Waals surface area contributed by atoms with Gasteiger partial charge in [0.1, 0.15) is 5.69 Å². The van der Waals surface area contributed by atoms with Gasteiger partial charge in [0.2, 0.25) is 11.8 Å². The van der Waals surface area contributed by atoms with Crippen LogP contribution in [0.3, 0.4) is 0 Å². The van der Waals surface area contributed by atoms with E-state index in [0.717, 1.165) is 43.9 Å². The van der Waals surface area contributed by atoms with Crippen LogP contribution in [0.4, 0.5) is 0 Å². The molecule has 4 aliphatic heterocycles. The molecular formula is C22H29N7O2. The van der Waals surface area contributed by atoms with Crippen LogP contribution in [0.15, 0.2) is 30.6 Å². The van der Waals surface area contributed by atoms with Gasteiger partial charge in [0.15, 0.2) is 0 Å². The van der Waals surface area contributed by atoms with Crippen molar-refractivity contribution < 1.29 is 9.59 Å². The third-order valence-electron chi connectivity index (χ3n) is 7.27. The van der Waals surface area contributed by atoms with Crippen molar-refractivity contribution in [3.63, 3.8) is 0 Å². The van der Waals surface area contributed by atoms with Gasteiger partial charge < -0.3 is 10.6 Å². The van der Waals surface area contributed by atoms with Crippen LogP contribution in [-0.4, -0.2) is 73.8 Å². The summed E-state index contributed by atoms with van der Waals surface area (Å²) in [5.74, 6) is 0.412. The third kappa shape index (κ3) is 4.06. The van der Waals surface area contributed by atoms with E-state index in [1.807, 2.05) is 34.0 Å². The molecule has 0 aromatic carbocycles. The van der Waals surface area contributed by atoms with Crippen molar-refractivity contribution in [2.45, 2.75) is 38.3 Å². The van der Waals surface area contributed by atoms with Crippen LogP contribution >= 0.6 is 0 Å². The second kappa shape index (κ2) is 8.37. The Bertz CT molecular complexity index is 938. The maximum Gasteiger partial charge on any atom is 0.227 e. The number of aromatic nitrogens is 4. The first kappa shape index (κ1) is 20.1. The van der Waals surface area contributed by atoms with E-state index in [2.05, 4.69) is 20.2 Å². The lowest BCUT2D eigenvalue weighted by molar-refractivity contribution is -0.146. The van der Waals surface area contributed by atoms with E-state index in [1.165, 1.54) is 0 Å². The zero-order valence-electron chi connectivity index (χ0n) is 17.6. The van der Waals surface area contributed by atoms with E-state index < -0.39 is 0 Å². The number of primary amides is 1. The van der Waals surface area contributed by atoms with Gasteiger partial charge in [0.05, 0.1) is 24.4 Å². The van der Waals surface area contributed by atoms with E-state index in [9.17, 15) is 9.59 Å². The highest BCUT2D eigenvalue weighted by Crippen LogP contribution is 2.38. The average molecular weight is 424 g/mol. The standard InChI is InChI=1S/C22H29N7O2/c23-21(30)15-4-8-27(9-5-15)22(31)18-13-28-10-6-16(18)11-17(28)12-29-14-20(25-26-29)19-3-1-2-7-24-19/h1-3,7,14-18H,4-6,8-13H2,(H2,23,30)/t16-,17-,18+/m1/s1. The molecule has 2 aromatic heterocycles. The first-order chi connectivity index (χ1) is 15.1. The number of nitrogens with zero attached hydrogens (tertiary/aromatic N) is 6. The van der Waals surface area contributed by atoms with E-state index in [4.69, 9.17) is 5.73 Å². The minimum absolute atomic E-state index is 0.0648. The summed E-state index contributed by atoms with van der Waals surface area (Å²) < 4.78 is 1.90. The highest BCUT2D eigenvalue weighted by molar-refractivity contribution is 5.81. The molecule has 2 amide bonds. The molecule has 0 spiro atoms. The maximum atomic E-state index is 13.2. The summed E-state index contributed by atoms with van der Waals surface area (Å²) in [4.78, 5) is 33.3. The van der Waals surface area contributed by atoms with Crippen molar-refractivity contribution in [3.8, 4) is 11.4 Å². The van der Waals surface area contributed by atoms with Gasteiger partial charge in [0.25, 0.3) is 0 Å². The number of amides is 2. The van der Waals surface area contributed by atoms with Crippen LogP contribution in [0.25, 0.3) is 11.4 Å². The maximum absolute atomic E-state index is 13.2. The number of carbonyl (C=O) groups is 2. The molecular weight excluding hydrogens is 394 g/mol. The predicted octanol–water partition coefficient (Wildman–Crippen LogP) is 0.774. The Balaban J connectivity index is 1.19. The van der Waals surface area contributed by atoms with E-state index in [0.29, 0.717) is 37.9 Å². The second-order valence-electron chi connectivity index (χ2n) is 9.08. The summed E-state index contributed by atoms with van der Waals surface area (Å²) in [5.41, 5.74) is 7.04. The molecule has 31 heavy (non-hydrogen) atoms. The number of nitrogens with two attached hydrogens (primary N) is 1. The third-order valence-corrected chi connectivity index (χ3v) is 7.27. The van der Waals surface area contributed by atoms with E-state index in [-0.39, 0.29) is 23.7 Å². The molecule has 6 rings (SSSR count). The summed E-state index contributed by atoms with van der Waals surface area (Å²) in [6, 6.07) is 6.14. The molecule has 9 nitrogen and oxygen atoms in total. The highest BCUT2D eigenvalue weighted by atomic mass is 16.2. The highest BCUT2D eigenvalue weighted by Gasteiger charge is 2.45. The Labute approximate surface area is 181 Å². The number of rotatable bonds is 5. The predicted molar refractivity (Wildman–Crippen MR) is 113 cm³/mol. The molecule has 2 aromatic rings. The number of piperidine rings is 4. The van der Waals surface area contributed by atoms with Gasteiger partial charge in [-0.2, -0.15) is 0 Å². The van der Waals surface area contributed by atoms with Crippen molar-refractivity contribution in [3.05, 3.63) is 30.6 Å². The molecule has 4 aliphatic rings. The zero-order chi connectivity index (χ0) is 21.4. The van der Waals surface area contributed by atoms with Gasteiger partial charge >= 0.3 is 0 Å². The van der Waals surface area contributed by atoms with Crippen LogP contribution in [-0.2, 0) is 16.1 Å². The summed E-state index contributed by atoms with van der Waals surface area (Å²) >= 11 is 0. The van der Waals surface area contributed by atoms with Crippen LogP contribution in [0, 0.1) is 17.8 Å². The van der Waals surface area contributed by atoms with E-state index >= 15 is 0 Å². The molecule has 0 saturated carbocycles. The average Bonchev–Trinajstić information content (AvgIpc) is 3.28. The largest absolute Gasteiger partial charge is 0.369 e. The van der Waals surface area contributed by atoms with Crippen molar-refractivity contribution in [1.82, 2.24) is 29.8 Å². The van der Waals surface area contributed by atoms with Crippen LogP contribution < -0.4 is 5.73 Å². The van der Waals surface area contributed by atoms with Crippen LogP contribution in [0.2, 0.25) is 0 Å². The Hall–Kier alpha value is -2.81. The van der Waals surface area contributed by atoms with E-state index in [1.54, 1.807) is 6.20 Å². The number of likely N-dealkylation sites (tertiary alicyclic amines) is 1. The Morgan fingerprint density at radius 1 is 1.10 bits per heavy atom. The fourth-order valence-electron chi connectivity index (χ4n) is 5.46. The Morgan fingerprint density at radius 3 is 2.61 bits per heavy atom. The van der Waals surface area contributed by atoms with Crippen molar-refractivity contribution in [2.24, 2.45) is 23.5 Å². The van der Waals surface area contributed by atoms with Gasteiger partial charge in [-0.05, 0) is 50.3 Å². The summed E-state index contributed by atoms with van der Waals surface area (Å²) in [5, 5.41) is 8.58. The molecule has 4 saturated heterocycles. The number of hydrogen-bond acceptors (Lipinski definition) is 6. The van der Waals surface area contributed by atoms with Gasteiger partial charge in [-0.1, -0.05) is 11.3 Å². The zero-order valence-corrected chi connectivity index (χ0v) is 17.6. The number of carbonyl (C=O) groups excluding carboxylic acids is 2. The van der Waals surface area contributed by atoms with Gasteiger partial charge in [0, 0.05) is 37.8 Å². The molecule has 9 heteroatoms. The Kier molecular flexibility index (Phi) is 5.43. The second-order valence-corrected chi connectivity index (χ2v) is 9.08. The normalized spacial score (nSPS) is 28.6. The summed E-state index contributed by atoms with van der Waals surface area (Å²) in [7, 11) is 0. The van der Waals surface area contributed by atoms with Gasteiger partial charge in [-0.15, -0.1) is 5.10 Å². The smallest absolute Gasteiger partial charge is 0.227 e. The van der Waals surface area contributed by atoms with Crippen LogP contribution in [0.1, 0.15) is 25.7 Å². The monoisotopic (exact) mass is 423 g/mol. The van der Waals surface area contributed by atoms with Crippen molar-refractivity contribution in [2.75, 3.05) is 26.2 Å². The van der Waals surface area contributed by atoms with Gasteiger partial charge in [-0.25, -0.2) is 0 Å². The molecule has 1 unspecified atom stereocenters. The summed E-state index contributed by atoms with van der Waals surface area (Å²) in [6.45, 7) is 3.92. The Morgan fingerprint density at radius 2 is 1.94 bits per heavy atom. The topological polar surface area (TPSA) is 110 Å². The molecule has 6 heterocycles. The lowest BCUT2D eigenvalue weighted by Crippen LogP contribution is -2.59. The lowest BCUT2D eigenvalue weighted by atomic mass is 9.74. The summed E-state index contributed by atoms with van der Waals surface area (Å²) in [6.07, 6.45) is 7.17. The molecule has 0 radical (unpaired) electrons. The minimum Gasteiger partial charge on any atom is -0.369 e. The number of fused-ring (bicyclic) bond motifs is 3. The number of pyridine rings is 1. The van der Waals surface area contributed by atoms with Crippen LogP contribution in [0.5, 0.6) is 0 Å². The molecule has 4 atom stereocenters. The first-order valence-electron chi connectivity index (χ1n) is 11.2. The molecule has 0 aliphatic carbocycles. The fourth-order valence-corrected chi connectivity index (χ4v) is 5.46. The SMILES string of the molecule is NC(=O)C1CCN(C(=O)[C@H]2CN3CC[C@@H]2C[C@@H]3Cn2cc(-c3ccccn3)nn2)CC1. The molecule has 4 fully saturated rings. The van der Waals surface area contributed by atoms with Crippen molar-refractivity contribution >= 4 is 11.8 Å². The van der Waals surface area contributed by atoms with Gasteiger partial charge in [-0.3, -0.25) is 24.2 Å². The minimum atomic E-state index is -0.239. The molecule has 164 valence electrons.